The maximum Gasteiger partial charge on any atom is 0.247 e. The van der Waals surface area contributed by atoms with Gasteiger partial charge in [-0.1, -0.05) is 17.7 Å². The first kappa shape index (κ1) is 20.0. The summed E-state index contributed by atoms with van der Waals surface area (Å²) in [5, 5.41) is 8.50. The Morgan fingerprint density at radius 2 is 1.72 bits per heavy atom. The number of aromatic nitrogens is 2. The van der Waals surface area contributed by atoms with Gasteiger partial charge in [0.1, 0.15) is 0 Å². The fourth-order valence-corrected chi connectivity index (χ4v) is 3.79. The van der Waals surface area contributed by atoms with Gasteiger partial charge in [-0.25, -0.2) is 0 Å². The Kier molecular flexibility index (Phi) is 6.22. The number of amides is 1. The molecule has 3 heterocycles. The van der Waals surface area contributed by atoms with Crippen molar-refractivity contribution in [1.29, 1.82) is 0 Å². The molecule has 1 aromatic carbocycles. The van der Waals surface area contributed by atoms with Gasteiger partial charge in [0.2, 0.25) is 17.7 Å². The molecule has 2 aliphatic rings. The van der Waals surface area contributed by atoms with Crippen LogP contribution in [-0.4, -0.2) is 89.8 Å². The highest BCUT2D eigenvalue weighted by molar-refractivity contribution is 5.78. The van der Waals surface area contributed by atoms with Crippen LogP contribution in [0.15, 0.2) is 28.7 Å². The van der Waals surface area contributed by atoms with Gasteiger partial charge in [-0.05, 0) is 26.0 Å². The van der Waals surface area contributed by atoms with Crippen LogP contribution in [0, 0.1) is 6.92 Å². The Labute approximate surface area is 171 Å². The molecule has 0 N–H and O–H groups in total. The first-order valence-electron chi connectivity index (χ1n) is 10.3. The fourth-order valence-electron chi connectivity index (χ4n) is 3.79. The molecule has 1 aromatic heterocycles. The zero-order chi connectivity index (χ0) is 20.2. The molecule has 2 aliphatic heterocycles. The molecule has 0 radical (unpaired) electrons. The molecule has 0 bridgehead atoms. The van der Waals surface area contributed by atoms with Crippen LogP contribution < -0.4 is 0 Å². The van der Waals surface area contributed by atoms with Crippen molar-refractivity contribution in [2.45, 2.75) is 19.9 Å². The molecular formula is C21H29N5O3. The molecule has 4 rings (SSSR count). The van der Waals surface area contributed by atoms with E-state index in [1.807, 2.05) is 29.2 Å². The summed E-state index contributed by atoms with van der Waals surface area (Å²) >= 11 is 0. The van der Waals surface area contributed by atoms with Crippen molar-refractivity contribution in [1.82, 2.24) is 24.9 Å². The highest BCUT2D eigenvalue weighted by Gasteiger charge is 2.27. The van der Waals surface area contributed by atoms with Crippen molar-refractivity contribution in [2.24, 2.45) is 0 Å². The van der Waals surface area contributed by atoms with E-state index in [1.165, 1.54) is 5.56 Å². The third-order valence-corrected chi connectivity index (χ3v) is 5.77. The van der Waals surface area contributed by atoms with Crippen LogP contribution >= 0.6 is 0 Å². The molecular weight excluding hydrogens is 370 g/mol. The third-order valence-electron chi connectivity index (χ3n) is 5.77. The summed E-state index contributed by atoms with van der Waals surface area (Å²) in [4.78, 5) is 18.9. The number of nitrogens with zero attached hydrogens (tertiary/aromatic N) is 5. The van der Waals surface area contributed by atoms with Crippen LogP contribution in [0.3, 0.4) is 0 Å². The number of hydrogen-bond acceptors (Lipinski definition) is 7. The van der Waals surface area contributed by atoms with Crippen LogP contribution in [-0.2, 0) is 9.53 Å². The summed E-state index contributed by atoms with van der Waals surface area (Å²) < 4.78 is 11.3. The number of carbonyl (C=O) groups excluding carboxylic acids is 1. The van der Waals surface area contributed by atoms with Crippen molar-refractivity contribution in [3.63, 3.8) is 0 Å². The lowest BCUT2D eigenvalue weighted by atomic mass is 10.1. The predicted molar refractivity (Wildman–Crippen MR) is 108 cm³/mol. The lowest BCUT2D eigenvalue weighted by Gasteiger charge is -2.37. The third kappa shape index (κ3) is 4.83. The predicted octanol–water partition coefficient (Wildman–Crippen LogP) is 1.58. The lowest BCUT2D eigenvalue weighted by molar-refractivity contribution is -0.137. The SMILES string of the molecule is Cc1ccc(-c2nnc(C(C)N3CCN(CC(=O)N4CCOCC4)CC3)o2)cc1. The number of hydrogen-bond donors (Lipinski definition) is 0. The average Bonchev–Trinajstić information content (AvgIpc) is 3.25. The number of rotatable bonds is 5. The van der Waals surface area contributed by atoms with E-state index in [-0.39, 0.29) is 11.9 Å². The molecule has 29 heavy (non-hydrogen) atoms. The van der Waals surface area contributed by atoms with Crippen molar-refractivity contribution in [3.8, 4) is 11.5 Å². The molecule has 8 heteroatoms. The number of morpholine rings is 1. The monoisotopic (exact) mass is 399 g/mol. The smallest absolute Gasteiger partial charge is 0.247 e. The minimum atomic E-state index is 0.0544. The lowest BCUT2D eigenvalue weighted by Crippen LogP contribution is -2.51. The van der Waals surface area contributed by atoms with E-state index in [4.69, 9.17) is 9.15 Å². The fraction of sp³-hybridized carbons (Fsp3) is 0.571. The zero-order valence-corrected chi connectivity index (χ0v) is 17.2. The van der Waals surface area contributed by atoms with Crippen molar-refractivity contribution < 1.29 is 13.9 Å². The Morgan fingerprint density at radius 3 is 2.41 bits per heavy atom. The van der Waals surface area contributed by atoms with Gasteiger partial charge < -0.3 is 14.1 Å². The molecule has 8 nitrogen and oxygen atoms in total. The second-order valence-electron chi connectivity index (χ2n) is 7.79. The van der Waals surface area contributed by atoms with Gasteiger partial charge in [-0.2, -0.15) is 0 Å². The minimum absolute atomic E-state index is 0.0544. The van der Waals surface area contributed by atoms with Crippen LogP contribution in [0.5, 0.6) is 0 Å². The number of aryl methyl sites for hydroxylation is 1. The number of carbonyl (C=O) groups is 1. The van der Waals surface area contributed by atoms with Gasteiger partial charge in [0, 0.05) is 44.8 Å². The van der Waals surface area contributed by atoms with Crippen LogP contribution in [0.4, 0.5) is 0 Å². The highest BCUT2D eigenvalue weighted by atomic mass is 16.5. The zero-order valence-electron chi connectivity index (χ0n) is 17.2. The van der Waals surface area contributed by atoms with Gasteiger partial charge in [0.15, 0.2) is 0 Å². The second kappa shape index (κ2) is 9.02. The van der Waals surface area contributed by atoms with E-state index >= 15 is 0 Å². The normalized spacial score (nSPS) is 20.0. The molecule has 156 valence electrons. The molecule has 1 amide bonds. The number of benzene rings is 1. The van der Waals surface area contributed by atoms with Crippen LogP contribution in [0.2, 0.25) is 0 Å². The van der Waals surface area contributed by atoms with Gasteiger partial charge in [0.05, 0.1) is 25.8 Å². The van der Waals surface area contributed by atoms with E-state index in [2.05, 4.69) is 33.8 Å². The van der Waals surface area contributed by atoms with Gasteiger partial charge in [-0.15, -0.1) is 10.2 Å². The van der Waals surface area contributed by atoms with E-state index in [1.54, 1.807) is 0 Å². The van der Waals surface area contributed by atoms with E-state index in [9.17, 15) is 4.79 Å². The summed E-state index contributed by atoms with van der Waals surface area (Å²) in [6.07, 6.45) is 0. The number of ether oxygens (including phenoxy) is 1. The molecule has 0 saturated carbocycles. The first-order valence-corrected chi connectivity index (χ1v) is 10.3. The van der Waals surface area contributed by atoms with Gasteiger partial charge >= 0.3 is 0 Å². The summed E-state index contributed by atoms with van der Waals surface area (Å²) in [5.41, 5.74) is 2.14. The molecule has 0 spiro atoms. The van der Waals surface area contributed by atoms with Crippen LogP contribution in [0.1, 0.15) is 24.4 Å². The average molecular weight is 399 g/mol. The maximum atomic E-state index is 12.4. The Hall–Kier alpha value is -2.29. The summed E-state index contributed by atoms with van der Waals surface area (Å²) in [5.74, 6) is 1.40. The molecule has 0 aliphatic carbocycles. The van der Waals surface area contributed by atoms with E-state index < -0.39 is 0 Å². The second-order valence-corrected chi connectivity index (χ2v) is 7.79. The molecule has 2 fully saturated rings. The summed E-state index contributed by atoms with van der Waals surface area (Å²) in [6, 6.07) is 8.14. The van der Waals surface area contributed by atoms with Crippen molar-refractivity contribution in [3.05, 3.63) is 35.7 Å². The molecule has 1 atom stereocenters. The quantitative estimate of drug-likeness (QED) is 0.756. The Bertz CT molecular complexity index is 808. The highest BCUT2D eigenvalue weighted by Crippen LogP contribution is 2.25. The van der Waals surface area contributed by atoms with Crippen molar-refractivity contribution in [2.75, 3.05) is 59.0 Å². The molecule has 2 aromatic rings. The summed E-state index contributed by atoms with van der Waals surface area (Å²) in [7, 11) is 0. The Morgan fingerprint density at radius 1 is 1.03 bits per heavy atom. The maximum absolute atomic E-state index is 12.4. The molecule has 1 unspecified atom stereocenters. The van der Waals surface area contributed by atoms with Crippen molar-refractivity contribution >= 4 is 5.91 Å². The van der Waals surface area contributed by atoms with E-state index in [0.29, 0.717) is 44.6 Å². The standard InChI is InChI=1S/C21H29N5O3/c1-16-3-5-18(6-4-16)21-23-22-20(29-21)17(2)25-9-7-24(8-10-25)15-19(27)26-11-13-28-14-12-26/h3-6,17H,7-15H2,1-2H3. The largest absolute Gasteiger partial charge is 0.419 e. The van der Waals surface area contributed by atoms with Crippen LogP contribution in [0.25, 0.3) is 11.5 Å². The number of piperazine rings is 1. The van der Waals surface area contributed by atoms with Gasteiger partial charge in [0.25, 0.3) is 0 Å². The minimum Gasteiger partial charge on any atom is -0.419 e. The van der Waals surface area contributed by atoms with Gasteiger partial charge in [-0.3, -0.25) is 14.6 Å². The van der Waals surface area contributed by atoms with E-state index in [0.717, 1.165) is 31.7 Å². The first-order chi connectivity index (χ1) is 14.1. The molecule has 2 saturated heterocycles. The Balaban J connectivity index is 1.29. The summed E-state index contributed by atoms with van der Waals surface area (Å²) in [6.45, 7) is 10.8. The topological polar surface area (TPSA) is 74.9 Å².